The third-order valence-corrected chi connectivity index (χ3v) is 8.94. The molecule has 0 unspecified atom stereocenters. The van der Waals surface area contributed by atoms with Crippen LogP contribution in [-0.4, -0.2) is 25.6 Å². The maximum absolute atomic E-state index is 6.44. The molecule has 19 heavy (non-hydrogen) atoms. The summed E-state index contributed by atoms with van der Waals surface area (Å²) in [6.45, 7) is 21.4. The van der Waals surface area contributed by atoms with Gasteiger partial charge in [0, 0.05) is 0 Å². The van der Waals surface area contributed by atoms with Crippen LogP contribution in [0, 0.1) is 0 Å². The normalized spacial score (nSPS) is 28.7. The number of ether oxygens (including phenoxy) is 1. The van der Waals surface area contributed by atoms with Crippen molar-refractivity contribution in [3.63, 3.8) is 0 Å². The average molecular weight is 282 g/mol. The van der Waals surface area contributed by atoms with Gasteiger partial charge in [-0.25, -0.2) is 0 Å². The van der Waals surface area contributed by atoms with Gasteiger partial charge < -0.3 is 9.16 Å². The summed E-state index contributed by atoms with van der Waals surface area (Å²) in [5.74, 6) is 0. The average Bonchev–Trinajstić information content (AvgIpc) is 2.85. The van der Waals surface area contributed by atoms with E-state index in [-0.39, 0.29) is 22.3 Å². The second-order valence-corrected chi connectivity index (χ2v) is 12.5. The summed E-state index contributed by atoms with van der Waals surface area (Å²) in [6.07, 6.45) is 6.25. The molecule has 0 saturated carbocycles. The Labute approximate surface area is 120 Å². The summed E-state index contributed by atoms with van der Waals surface area (Å²) in [6, 6.07) is 0. The van der Waals surface area contributed by atoms with E-state index in [2.05, 4.69) is 73.4 Å². The predicted molar refractivity (Wildman–Crippen MR) is 85.0 cm³/mol. The van der Waals surface area contributed by atoms with E-state index in [9.17, 15) is 0 Å². The van der Waals surface area contributed by atoms with Gasteiger partial charge in [0.25, 0.3) is 0 Å². The minimum Gasteiger partial charge on any atom is -0.409 e. The van der Waals surface area contributed by atoms with Crippen molar-refractivity contribution in [3.8, 4) is 0 Å². The van der Waals surface area contributed by atoms with Crippen LogP contribution in [0.2, 0.25) is 18.1 Å². The molecule has 2 nitrogen and oxygen atoms in total. The van der Waals surface area contributed by atoms with E-state index in [1.807, 2.05) is 6.08 Å². The summed E-state index contributed by atoms with van der Waals surface area (Å²) < 4.78 is 12.0. The first-order chi connectivity index (χ1) is 8.33. The highest BCUT2D eigenvalue weighted by Gasteiger charge is 2.48. The summed E-state index contributed by atoms with van der Waals surface area (Å²) in [5.41, 5.74) is -0.430. The number of hydrogen-bond donors (Lipinski definition) is 0. The maximum Gasteiger partial charge on any atom is 0.193 e. The molecule has 0 spiro atoms. The molecule has 0 aromatic carbocycles. The van der Waals surface area contributed by atoms with E-state index in [1.165, 1.54) is 0 Å². The Bertz CT molecular complexity index is 377. The highest BCUT2D eigenvalue weighted by molar-refractivity contribution is 6.74. The van der Waals surface area contributed by atoms with Crippen LogP contribution in [0.1, 0.15) is 41.5 Å². The highest BCUT2D eigenvalue weighted by Crippen LogP contribution is 2.41. The van der Waals surface area contributed by atoms with E-state index in [0.717, 1.165) is 0 Å². The first-order valence-corrected chi connectivity index (χ1v) is 9.95. The fraction of sp³-hybridized carbons (Fsp3) is 0.750. The molecule has 3 heteroatoms. The largest absolute Gasteiger partial charge is 0.409 e. The molecule has 0 aromatic heterocycles. The molecule has 110 valence electrons. The first kappa shape index (κ1) is 16.7. The number of rotatable bonds is 5. The van der Waals surface area contributed by atoms with E-state index in [4.69, 9.17) is 9.16 Å². The topological polar surface area (TPSA) is 21.8 Å². The Balaban J connectivity index is 2.68. The lowest BCUT2D eigenvalue weighted by atomic mass is 10.0. The van der Waals surface area contributed by atoms with Crippen molar-refractivity contribution < 1.29 is 9.16 Å². The monoisotopic (exact) mass is 282 g/mol. The SMILES string of the molecule is C=C[C@]1(C)O[C@H]1/C=C\C(C)(C)O[Si](C)(C)C(C)(C)C. The molecular weight excluding hydrogens is 252 g/mol. The molecule has 2 atom stereocenters. The van der Waals surface area contributed by atoms with Crippen molar-refractivity contribution in [2.45, 2.75) is 77.0 Å². The van der Waals surface area contributed by atoms with E-state index < -0.39 is 8.32 Å². The van der Waals surface area contributed by atoms with Gasteiger partial charge in [0.1, 0.15) is 11.7 Å². The lowest BCUT2D eigenvalue weighted by Gasteiger charge is -2.41. The van der Waals surface area contributed by atoms with Crippen LogP contribution >= 0.6 is 0 Å². The summed E-state index contributed by atoms with van der Waals surface area (Å²) >= 11 is 0. The molecule has 0 amide bonds. The Hall–Kier alpha value is -0.383. The Morgan fingerprint density at radius 3 is 2.11 bits per heavy atom. The Kier molecular flexibility index (Phi) is 4.27. The fourth-order valence-electron chi connectivity index (χ4n) is 1.80. The standard InChI is InChI=1S/C16H30O2Si/c1-10-16(7)13(17-16)11-12-15(5,6)18-19(8,9)14(2,3)4/h10-13H,1H2,2-9H3/b12-11-/t13-,16-/m0/s1. The van der Waals surface area contributed by atoms with Crippen LogP contribution in [0.25, 0.3) is 0 Å². The van der Waals surface area contributed by atoms with Gasteiger partial charge in [-0.05, 0) is 38.9 Å². The highest BCUT2D eigenvalue weighted by atomic mass is 28.4. The second kappa shape index (κ2) is 4.87. The molecule has 1 fully saturated rings. The van der Waals surface area contributed by atoms with Crippen molar-refractivity contribution >= 4 is 8.32 Å². The van der Waals surface area contributed by atoms with Gasteiger partial charge in [-0.3, -0.25) is 0 Å². The second-order valence-electron chi connectivity index (χ2n) is 7.75. The molecule has 1 saturated heterocycles. The van der Waals surface area contributed by atoms with Crippen molar-refractivity contribution in [2.75, 3.05) is 0 Å². The molecule has 0 radical (unpaired) electrons. The third kappa shape index (κ3) is 4.04. The molecule has 0 aliphatic carbocycles. The molecule has 1 rings (SSSR count). The quantitative estimate of drug-likeness (QED) is 0.414. The van der Waals surface area contributed by atoms with Gasteiger partial charge in [-0.1, -0.05) is 39.0 Å². The van der Waals surface area contributed by atoms with E-state index in [1.54, 1.807) is 0 Å². The van der Waals surface area contributed by atoms with Crippen LogP contribution in [0.3, 0.4) is 0 Å². The zero-order chi connectivity index (χ0) is 15.1. The minimum absolute atomic E-state index is 0.146. The third-order valence-electron chi connectivity index (χ3n) is 4.29. The van der Waals surface area contributed by atoms with Gasteiger partial charge >= 0.3 is 0 Å². The molecule has 0 aromatic rings. The maximum atomic E-state index is 6.44. The molecule has 1 aliphatic rings. The molecule has 1 aliphatic heterocycles. The molecule has 0 bridgehead atoms. The summed E-state index contributed by atoms with van der Waals surface area (Å²) in [4.78, 5) is 0. The zero-order valence-electron chi connectivity index (χ0n) is 13.8. The van der Waals surface area contributed by atoms with Crippen LogP contribution in [-0.2, 0) is 9.16 Å². The molecule has 1 heterocycles. The van der Waals surface area contributed by atoms with Crippen molar-refractivity contribution in [3.05, 3.63) is 24.8 Å². The predicted octanol–water partition coefficient (Wildman–Crippen LogP) is 4.69. The minimum atomic E-state index is -1.75. The first-order valence-electron chi connectivity index (χ1n) is 7.04. The number of epoxide rings is 1. The Morgan fingerprint density at radius 1 is 1.21 bits per heavy atom. The van der Waals surface area contributed by atoms with Gasteiger partial charge in [0.05, 0.1) is 5.60 Å². The van der Waals surface area contributed by atoms with Crippen molar-refractivity contribution in [1.82, 2.24) is 0 Å². The van der Waals surface area contributed by atoms with Gasteiger partial charge in [0.2, 0.25) is 0 Å². The van der Waals surface area contributed by atoms with Crippen LogP contribution in [0.4, 0.5) is 0 Å². The van der Waals surface area contributed by atoms with Gasteiger partial charge in [0.15, 0.2) is 8.32 Å². The van der Waals surface area contributed by atoms with Crippen LogP contribution < -0.4 is 0 Å². The van der Waals surface area contributed by atoms with Crippen molar-refractivity contribution in [2.24, 2.45) is 0 Å². The van der Waals surface area contributed by atoms with Crippen LogP contribution in [0.5, 0.6) is 0 Å². The summed E-state index contributed by atoms with van der Waals surface area (Å²) in [5, 5.41) is 0.226. The van der Waals surface area contributed by atoms with Crippen LogP contribution in [0.15, 0.2) is 24.8 Å². The Morgan fingerprint density at radius 2 is 1.74 bits per heavy atom. The summed E-state index contributed by atoms with van der Waals surface area (Å²) in [7, 11) is -1.75. The van der Waals surface area contributed by atoms with E-state index >= 15 is 0 Å². The zero-order valence-corrected chi connectivity index (χ0v) is 14.8. The smallest absolute Gasteiger partial charge is 0.193 e. The molecule has 0 N–H and O–H groups in total. The van der Waals surface area contributed by atoms with E-state index in [0.29, 0.717) is 0 Å². The van der Waals surface area contributed by atoms with Gasteiger partial charge in [-0.2, -0.15) is 0 Å². The molecular formula is C16H30O2Si. The lowest BCUT2D eigenvalue weighted by molar-refractivity contribution is 0.141. The number of hydrogen-bond acceptors (Lipinski definition) is 2. The van der Waals surface area contributed by atoms with Crippen molar-refractivity contribution in [1.29, 1.82) is 0 Å². The van der Waals surface area contributed by atoms with Gasteiger partial charge in [-0.15, -0.1) is 6.58 Å². The fourth-order valence-corrected chi connectivity index (χ4v) is 3.49. The lowest BCUT2D eigenvalue weighted by Crippen LogP contribution is -2.46.